The maximum absolute atomic E-state index is 6.08. The van der Waals surface area contributed by atoms with E-state index in [2.05, 4.69) is 60.1 Å². The molecule has 2 heterocycles. The van der Waals surface area contributed by atoms with E-state index in [0.717, 1.165) is 10.0 Å². The molecule has 20 heavy (non-hydrogen) atoms. The van der Waals surface area contributed by atoms with Crippen LogP contribution in [-0.2, 0) is 0 Å². The Morgan fingerprint density at radius 1 is 1.00 bits per heavy atom. The molecule has 3 rings (SSSR count). The number of halogens is 1. The lowest BCUT2D eigenvalue weighted by molar-refractivity contribution is 0.993. The minimum Gasteiger partial charge on any atom is -0.373 e. The van der Waals surface area contributed by atoms with Gasteiger partial charge in [-0.25, -0.2) is 0 Å². The highest BCUT2D eigenvalue weighted by atomic mass is 35.5. The molecule has 0 aliphatic heterocycles. The quantitative estimate of drug-likeness (QED) is 0.624. The van der Waals surface area contributed by atoms with Crippen LogP contribution in [0.1, 0.15) is 21.4 Å². The Balaban J connectivity index is 1.92. The highest BCUT2D eigenvalue weighted by Gasteiger charge is 2.17. The summed E-state index contributed by atoms with van der Waals surface area (Å²) in [5.74, 6) is 0. The average molecular weight is 320 g/mol. The van der Waals surface area contributed by atoms with Crippen molar-refractivity contribution in [1.29, 1.82) is 0 Å². The van der Waals surface area contributed by atoms with Gasteiger partial charge in [0.05, 0.1) is 10.4 Å². The molecule has 1 atom stereocenters. The van der Waals surface area contributed by atoms with Gasteiger partial charge in [0, 0.05) is 15.4 Å². The third-order valence-corrected chi connectivity index (χ3v) is 5.30. The fraction of sp³-hybridized carbons (Fsp3) is 0.125. The second kappa shape index (κ2) is 6.00. The second-order valence-electron chi connectivity index (χ2n) is 4.60. The van der Waals surface area contributed by atoms with E-state index in [9.17, 15) is 0 Å². The Hall–Kier alpha value is -1.29. The molecular weight excluding hydrogens is 306 g/mol. The van der Waals surface area contributed by atoms with E-state index < -0.39 is 0 Å². The van der Waals surface area contributed by atoms with Crippen LogP contribution in [0.3, 0.4) is 0 Å². The number of aryl methyl sites for hydroxylation is 1. The van der Waals surface area contributed by atoms with Crippen molar-refractivity contribution in [2.45, 2.75) is 13.0 Å². The molecular formula is C16H14ClNS2. The predicted octanol–water partition coefficient (Wildman–Crippen LogP) is 5.97. The first-order chi connectivity index (χ1) is 9.72. The van der Waals surface area contributed by atoms with Gasteiger partial charge in [0.25, 0.3) is 0 Å². The molecule has 1 aromatic carbocycles. The summed E-state index contributed by atoms with van der Waals surface area (Å²) < 4.78 is 0.826. The van der Waals surface area contributed by atoms with Gasteiger partial charge in [-0.15, -0.1) is 22.7 Å². The molecule has 0 fully saturated rings. The molecule has 0 saturated heterocycles. The Labute approximate surface area is 131 Å². The van der Waals surface area contributed by atoms with Crippen LogP contribution in [0, 0.1) is 6.92 Å². The van der Waals surface area contributed by atoms with Gasteiger partial charge in [-0.05, 0) is 42.6 Å². The van der Waals surface area contributed by atoms with Crippen LogP contribution in [-0.4, -0.2) is 0 Å². The highest BCUT2D eigenvalue weighted by Crippen LogP contribution is 2.35. The molecule has 4 heteroatoms. The lowest BCUT2D eigenvalue weighted by Crippen LogP contribution is -2.09. The van der Waals surface area contributed by atoms with Crippen LogP contribution in [0.4, 0.5) is 5.69 Å². The van der Waals surface area contributed by atoms with Crippen molar-refractivity contribution in [3.63, 3.8) is 0 Å². The van der Waals surface area contributed by atoms with Crippen LogP contribution in [0.15, 0.2) is 53.9 Å². The maximum Gasteiger partial charge on any atom is 0.0954 e. The molecule has 102 valence electrons. The van der Waals surface area contributed by atoms with Gasteiger partial charge < -0.3 is 5.32 Å². The maximum atomic E-state index is 6.08. The Bertz CT molecular complexity index is 671. The summed E-state index contributed by atoms with van der Waals surface area (Å²) in [6, 6.07) is 16.9. The molecule has 0 bridgehead atoms. The molecule has 1 nitrogen and oxygen atoms in total. The lowest BCUT2D eigenvalue weighted by Gasteiger charge is -2.17. The predicted molar refractivity (Wildman–Crippen MR) is 90.3 cm³/mol. The molecule has 1 unspecified atom stereocenters. The molecule has 0 aliphatic carbocycles. The first-order valence-corrected chi connectivity index (χ1v) is 8.41. The highest BCUT2D eigenvalue weighted by molar-refractivity contribution is 7.16. The molecule has 1 N–H and O–H groups in total. The topological polar surface area (TPSA) is 12.0 Å². The minimum absolute atomic E-state index is 0.162. The van der Waals surface area contributed by atoms with Crippen molar-refractivity contribution < 1.29 is 0 Å². The van der Waals surface area contributed by atoms with Crippen molar-refractivity contribution >= 4 is 40.0 Å². The molecule has 0 amide bonds. The molecule has 0 radical (unpaired) electrons. The summed E-state index contributed by atoms with van der Waals surface area (Å²) in [5.41, 5.74) is 2.39. The number of thiophene rings is 2. The van der Waals surface area contributed by atoms with E-state index in [0.29, 0.717) is 0 Å². The SMILES string of the molecule is Cc1ccc(NC(c2cccs2)c2ccc(Cl)s2)cc1. The van der Waals surface area contributed by atoms with Crippen LogP contribution >= 0.6 is 34.3 Å². The van der Waals surface area contributed by atoms with Crippen molar-refractivity contribution in [2.24, 2.45) is 0 Å². The molecule has 3 aromatic rings. The number of benzene rings is 1. The fourth-order valence-electron chi connectivity index (χ4n) is 2.04. The zero-order valence-corrected chi connectivity index (χ0v) is 13.4. The molecule has 0 aliphatic rings. The first-order valence-electron chi connectivity index (χ1n) is 6.34. The van der Waals surface area contributed by atoms with Gasteiger partial charge in [0.15, 0.2) is 0 Å². The third kappa shape index (κ3) is 3.06. The van der Waals surface area contributed by atoms with Crippen LogP contribution in [0.2, 0.25) is 4.34 Å². The zero-order chi connectivity index (χ0) is 13.9. The summed E-state index contributed by atoms with van der Waals surface area (Å²) >= 11 is 9.47. The van der Waals surface area contributed by atoms with Gasteiger partial charge in [0.1, 0.15) is 0 Å². The van der Waals surface area contributed by atoms with E-state index >= 15 is 0 Å². The van der Waals surface area contributed by atoms with Gasteiger partial charge in [-0.3, -0.25) is 0 Å². The van der Waals surface area contributed by atoms with Crippen molar-refractivity contribution in [2.75, 3.05) is 5.32 Å². The van der Waals surface area contributed by atoms with Crippen LogP contribution in [0.25, 0.3) is 0 Å². The van der Waals surface area contributed by atoms with Gasteiger partial charge in [0.2, 0.25) is 0 Å². The molecule has 0 spiro atoms. The standard InChI is InChI=1S/C16H14ClNS2/c1-11-4-6-12(7-5-11)18-16(13-3-2-10-19-13)14-8-9-15(17)20-14/h2-10,16,18H,1H3. The van der Waals surface area contributed by atoms with E-state index in [1.165, 1.54) is 15.3 Å². The van der Waals surface area contributed by atoms with Gasteiger partial charge in [-0.2, -0.15) is 0 Å². The Morgan fingerprint density at radius 2 is 1.80 bits per heavy atom. The van der Waals surface area contributed by atoms with Crippen LogP contribution in [0.5, 0.6) is 0 Å². The van der Waals surface area contributed by atoms with E-state index in [-0.39, 0.29) is 6.04 Å². The van der Waals surface area contributed by atoms with Crippen LogP contribution < -0.4 is 5.32 Å². The Morgan fingerprint density at radius 3 is 2.40 bits per heavy atom. The van der Waals surface area contributed by atoms with E-state index in [1.54, 1.807) is 22.7 Å². The summed E-state index contributed by atoms with van der Waals surface area (Å²) in [6.07, 6.45) is 0. The van der Waals surface area contributed by atoms with Crippen molar-refractivity contribution in [1.82, 2.24) is 0 Å². The Kier molecular flexibility index (Phi) is 4.10. The lowest BCUT2D eigenvalue weighted by atomic mass is 10.1. The van der Waals surface area contributed by atoms with Crippen molar-refractivity contribution in [3.05, 3.63) is 73.6 Å². The smallest absolute Gasteiger partial charge is 0.0954 e. The van der Waals surface area contributed by atoms with Gasteiger partial charge >= 0.3 is 0 Å². The van der Waals surface area contributed by atoms with E-state index in [4.69, 9.17) is 11.6 Å². The normalized spacial score (nSPS) is 12.3. The molecule has 2 aromatic heterocycles. The van der Waals surface area contributed by atoms with Crippen molar-refractivity contribution in [3.8, 4) is 0 Å². The minimum atomic E-state index is 0.162. The zero-order valence-electron chi connectivity index (χ0n) is 11.0. The summed E-state index contributed by atoms with van der Waals surface area (Å²) in [4.78, 5) is 2.53. The van der Waals surface area contributed by atoms with Gasteiger partial charge in [-0.1, -0.05) is 35.4 Å². The first kappa shape index (κ1) is 13.7. The third-order valence-electron chi connectivity index (χ3n) is 3.07. The number of nitrogens with one attached hydrogen (secondary N) is 1. The summed E-state index contributed by atoms with van der Waals surface area (Å²) in [7, 11) is 0. The average Bonchev–Trinajstić information content (AvgIpc) is 3.09. The summed E-state index contributed by atoms with van der Waals surface area (Å²) in [5, 5.41) is 5.71. The number of hydrogen-bond acceptors (Lipinski definition) is 3. The fourth-order valence-corrected chi connectivity index (χ4v) is 4.04. The monoisotopic (exact) mass is 319 g/mol. The number of anilines is 1. The molecule has 0 saturated carbocycles. The van der Waals surface area contributed by atoms with E-state index in [1.807, 2.05) is 6.07 Å². The summed E-state index contributed by atoms with van der Waals surface area (Å²) in [6.45, 7) is 2.10. The number of rotatable bonds is 4. The second-order valence-corrected chi connectivity index (χ2v) is 7.33. The number of hydrogen-bond donors (Lipinski definition) is 1. The largest absolute Gasteiger partial charge is 0.373 e.